The summed E-state index contributed by atoms with van der Waals surface area (Å²) in [6, 6.07) is 0. The van der Waals surface area contributed by atoms with Gasteiger partial charge in [0.25, 0.3) is 0 Å². The lowest BCUT2D eigenvalue weighted by molar-refractivity contribution is -0.0489. The Morgan fingerprint density at radius 1 is 1.20 bits per heavy atom. The van der Waals surface area contributed by atoms with Crippen LogP contribution in [0.2, 0.25) is 0 Å². The second-order valence-corrected chi connectivity index (χ2v) is 9.06. The molecular formula is C23H40O2. The van der Waals surface area contributed by atoms with Crippen LogP contribution in [0.4, 0.5) is 0 Å². The molecule has 1 heterocycles. The van der Waals surface area contributed by atoms with Gasteiger partial charge >= 0.3 is 0 Å². The summed E-state index contributed by atoms with van der Waals surface area (Å²) < 4.78 is 11.1. The lowest BCUT2D eigenvalue weighted by atomic mass is 9.69. The zero-order chi connectivity index (χ0) is 18.3. The molecule has 0 aromatic rings. The van der Waals surface area contributed by atoms with Crippen LogP contribution in [-0.4, -0.2) is 19.5 Å². The summed E-state index contributed by atoms with van der Waals surface area (Å²) in [6.07, 6.45) is 15.7. The first kappa shape index (κ1) is 20.7. The fourth-order valence-corrected chi connectivity index (χ4v) is 4.68. The van der Waals surface area contributed by atoms with Crippen molar-refractivity contribution in [1.82, 2.24) is 0 Å². The molecule has 2 fully saturated rings. The van der Waals surface area contributed by atoms with E-state index in [2.05, 4.69) is 52.5 Å². The van der Waals surface area contributed by atoms with Crippen molar-refractivity contribution in [2.45, 2.75) is 78.9 Å². The van der Waals surface area contributed by atoms with E-state index in [9.17, 15) is 0 Å². The van der Waals surface area contributed by atoms with Crippen LogP contribution >= 0.6 is 0 Å². The van der Waals surface area contributed by atoms with Crippen molar-refractivity contribution < 1.29 is 9.47 Å². The van der Waals surface area contributed by atoms with Gasteiger partial charge in [-0.2, -0.15) is 0 Å². The highest BCUT2D eigenvalue weighted by molar-refractivity contribution is 5.04. The summed E-state index contributed by atoms with van der Waals surface area (Å²) in [5.74, 6) is 3.24. The molecule has 0 aromatic carbocycles. The van der Waals surface area contributed by atoms with Crippen LogP contribution in [-0.2, 0) is 9.47 Å². The van der Waals surface area contributed by atoms with Crippen molar-refractivity contribution in [3.8, 4) is 0 Å². The topological polar surface area (TPSA) is 18.5 Å². The van der Waals surface area contributed by atoms with E-state index in [-0.39, 0.29) is 11.7 Å². The maximum Gasteiger partial charge on any atom is 0.157 e. The molecule has 0 radical (unpaired) electrons. The van der Waals surface area contributed by atoms with Crippen LogP contribution in [0.3, 0.4) is 0 Å². The number of hydrogen-bond acceptors (Lipinski definition) is 2. The Balaban J connectivity index is 1.94. The average Bonchev–Trinajstić information content (AvgIpc) is 3.06. The Labute approximate surface area is 156 Å². The first-order valence-electron chi connectivity index (χ1n) is 10.5. The van der Waals surface area contributed by atoms with Crippen molar-refractivity contribution in [3.05, 3.63) is 24.8 Å². The van der Waals surface area contributed by atoms with Crippen molar-refractivity contribution >= 4 is 0 Å². The fraction of sp³-hybridized carbons (Fsp3) is 0.826. The highest BCUT2D eigenvalue weighted by Gasteiger charge is 2.30. The molecule has 1 saturated heterocycles. The summed E-state index contributed by atoms with van der Waals surface area (Å²) >= 11 is 0. The summed E-state index contributed by atoms with van der Waals surface area (Å²) in [5, 5.41) is 0. The lowest BCUT2D eigenvalue weighted by Crippen LogP contribution is -2.27. The molecule has 1 aliphatic heterocycles. The van der Waals surface area contributed by atoms with Gasteiger partial charge in [-0.05, 0) is 67.6 Å². The van der Waals surface area contributed by atoms with E-state index in [1.54, 1.807) is 0 Å². The fourth-order valence-electron chi connectivity index (χ4n) is 4.68. The zero-order valence-electron chi connectivity index (χ0n) is 17.0. The van der Waals surface area contributed by atoms with Gasteiger partial charge in [-0.3, -0.25) is 0 Å². The number of hydrogen-bond donors (Lipinski definition) is 0. The van der Waals surface area contributed by atoms with Gasteiger partial charge in [0.2, 0.25) is 0 Å². The van der Waals surface area contributed by atoms with Crippen LogP contribution in [0.1, 0.15) is 72.6 Å². The molecule has 0 unspecified atom stereocenters. The van der Waals surface area contributed by atoms with Gasteiger partial charge in [0.15, 0.2) is 6.29 Å². The summed E-state index contributed by atoms with van der Waals surface area (Å²) in [7, 11) is 0. The molecule has 2 nitrogen and oxygen atoms in total. The predicted molar refractivity (Wildman–Crippen MR) is 106 cm³/mol. The minimum Gasteiger partial charge on any atom is -0.350 e. The van der Waals surface area contributed by atoms with Gasteiger partial charge < -0.3 is 9.47 Å². The number of ether oxygens (including phenoxy) is 2. The summed E-state index contributed by atoms with van der Waals surface area (Å²) in [5.41, 5.74) is 0.211. The van der Waals surface area contributed by atoms with Gasteiger partial charge in [-0.25, -0.2) is 0 Å². The van der Waals surface area contributed by atoms with Crippen LogP contribution in [0.25, 0.3) is 0 Å². The molecule has 144 valence electrons. The molecule has 0 N–H and O–H groups in total. The molecule has 1 aliphatic carbocycles. The highest BCUT2D eigenvalue weighted by atomic mass is 16.7. The molecular weight excluding hydrogens is 308 g/mol. The van der Waals surface area contributed by atoms with E-state index < -0.39 is 0 Å². The SMILES string of the molecule is C=CC[C@](C)(/C=C/[C@@H]1C[C@H](C)CC[C@H]1C(C)C)CCCC1OCCO1. The van der Waals surface area contributed by atoms with E-state index in [1.807, 2.05) is 0 Å². The molecule has 0 aromatic heterocycles. The molecule has 4 atom stereocenters. The van der Waals surface area contributed by atoms with E-state index in [0.717, 1.165) is 56.1 Å². The van der Waals surface area contributed by atoms with E-state index in [1.165, 1.54) is 25.7 Å². The molecule has 25 heavy (non-hydrogen) atoms. The maximum absolute atomic E-state index is 5.57. The zero-order valence-corrected chi connectivity index (χ0v) is 17.0. The second kappa shape index (κ2) is 9.92. The normalized spacial score (nSPS) is 30.8. The van der Waals surface area contributed by atoms with Gasteiger partial charge in [0.05, 0.1) is 13.2 Å². The van der Waals surface area contributed by atoms with Crippen molar-refractivity contribution in [2.75, 3.05) is 13.2 Å². The molecule has 2 heteroatoms. The molecule has 0 amide bonds. The van der Waals surface area contributed by atoms with Gasteiger partial charge in [-0.15, -0.1) is 6.58 Å². The van der Waals surface area contributed by atoms with Gasteiger partial charge in [0.1, 0.15) is 0 Å². The van der Waals surface area contributed by atoms with E-state index in [4.69, 9.17) is 9.47 Å². The molecule has 0 spiro atoms. The first-order chi connectivity index (χ1) is 11.9. The average molecular weight is 349 g/mol. The van der Waals surface area contributed by atoms with Crippen molar-refractivity contribution in [3.63, 3.8) is 0 Å². The van der Waals surface area contributed by atoms with Crippen LogP contribution in [0, 0.1) is 29.1 Å². The largest absolute Gasteiger partial charge is 0.350 e. The third kappa shape index (κ3) is 6.57. The van der Waals surface area contributed by atoms with Gasteiger partial charge in [-0.1, -0.05) is 52.3 Å². The number of allylic oxidation sites excluding steroid dienone is 3. The quantitative estimate of drug-likeness (QED) is 0.450. The summed E-state index contributed by atoms with van der Waals surface area (Å²) in [4.78, 5) is 0. The molecule has 2 rings (SSSR count). The first-order valence-corrected chi connectivity index (χ1v) is 10.5. The molecule has 2 aliphatic rings. The predicted octanol–water partition coefficient (Wildman–Crippen LogP) is 6.38. The lowest BCUT2D eigenvalue weighted by Gasteiger charge is -2.36. The Bertz CT molecular complexity index is 422. The minimum atomic E-state index is 0.0291. The van der Waals surface area contributed by atoms with Crippen LogP contribution < -0.4 is 0 Å². The Kier molecular flexibility index (Phi) is 8.22. The third-order valence-corrected chi connectivity index (χ3v) is 6.31. The van der Waals surface area contributed by atoms with Crippen molar-refractivity contribution in [2.24, 2.45) is 29.1 Å². The maximum atomic E-state index is 5.57. The Morgan fingerprint density at radius 2 is 1.92 bits per heavy atom. The third-order valence-electron chi connectivity index (χ3n) is 6.31. The molecule has 0 bridgehead atoms. The second-order valence-electron chi connectivity index (χ2n) is 9.06. The summed E-state index contributed by atoms with van der Waals surface area (Å²) in [6.45, 7) is 15.1. The Hall–Kier alpha value is -0.600. The highest BCUT2D eigenvalue weighted by Crippen LogP contribution is 2.40. The van der Waals surface area contributed by atoms with E-state index in [0.29, 0.717) is 0 Å². The standard InChI is InChI=1S/C23H40O2/c1-6-12-23(5,13-7-8-22-24-15-16-25-22)14-11-20-17-19(4)9-10-21(20)18(2)3/h6,11,14,18-22H,1,7-10,12-13,15-17H2,2-5H3/b14-11+/t19-,20-,21+,23+/m1/s1. The van der Waals surface area contributed by atoms with E-state index >= 15 is 0 Å². The minimum absolute atomic E-state index is 0.0291. The van der Waals surface area contributed by atoms with Crippen LogP contribution in [0.15, 0.2) is 24.8 Å². The molecule has 1 saturated carbocycles. The smallest absolute Gasteiger partial charge is 0.157 e. The Morgan fingerprint density at radius 3 is 2.56 bits per heavy atom. The van der Waals surface area contributed by atoms with Crippen molar-refractivity contribution in [1.29, 1.82) is 0 Å². The van der Waals surface area contributed by atoms with Crippen LogP contribution in [0.5, 0.6) is 0 Å². The van der Waals surface area contributed by atoms with Gasteiger partial charge in [0, 0.05) is 0 Å². The number of rotatable bonds is 9. The monoisotopic (exact) mass is 348 g/mol.